The van der Waals surface area contributed by atoms with Crippen molar-refractivity contribution in [1.29, 1.82) is 0 Å². The molecule has 0 aliphatic carbocycles. The van der Waals surface area contributed by atoms with Crippen LogP contribution in [0.15, 0.2) is 69.9 Å². The molecule has 0 fully saturated rings. The van der Waals surface area contributed by atoms with E-state index in [9.17, 15) is 0 Å². The highest BCUT2D eigenvalue weighted by atomic mass is 14.9. The van der Waals surface area contributed by atoms with Crippen molar-refractivity contribution in [3.8, 4) is 0 Å². The molecule has 2 aromatic rings. The van der Waals surface area contributed by atoms with Crippen LogP contribution < -0.4 is 0 Å². The minimum Gasteiger partial charge on any atom is -0.358 e. The molecule has 4 heteroatoms. The summed E-state index contributed by atoms with van der Waals surface area (Å²) in [5.74, 6) is 0. The van der Waals surface area contributed by atoms with E-state index in [4.69, 9.17) is 9.98 Å². The molecule has 8 bridgehead atoms. The maximum atomic E-state index is 4.88. The van der Waals surface area contributed by atoms with Crippen LogP contribution in [0.3, 0.4) is 0 Å². The molecule has 0 saturated carbocycles. The first-order chi connectivity index (χ1) is 13.3. The lowest BCUT2D eigenvalue weighted by molar-refractivity contribution is 0.602. The zero-order valence-corrected chi connectivity index (χ0v) is 16.7. The Balaban J connectivity index is 1.70. The number of allylic oxidation sites excluding steroid dienone is 4. The summed E-state index contributed by atoms with van der Waals surface area (Å²) in [6, 6.07) is 8.56. The van der Waals surface area contributed by atoms with E-state index in [1.807, 2.05) is 0 Å². The highest BCUT2D eigenvalue weighted by Gasteiger charge is 2.32. The second kappa shape index (κ2) is 5.68. The average molecular weight is 368 g/mol. The van der Waals surface area contributed by atoms with Gasteiger partial charge in [0.05, 0.1) is 22.8 Å². The Morgan fingerprint density at radius 2 is 1.07 bits per heavy atom. The lowest BCUT2D eigenvalue weighted by Gasteiger charge is -2.23. The topological polar surface area (TPSA) is 56.3 Å². The van der Waals surface area contributed by atoms with Crippen LogP contribution in [0.4, 0.5) is 0 Å². The fourth-order valence-electron chi connectivity index (χ4n) is 3.93. The molecule has 0 amide bonds. The molecule has 0 unspecified atom stereocenters. The maximum absolute atomic E-state index is 4.88. The number of nitrogens with one attached hydrogen (secondary N) is 2. The predicted octanol–water partition coefficient (Wildman–Crippen LogP) is 5.41. The predicted molar refractivity (Wildman–Crippen MR) is 117 cm³/mol. The summed E-state index contributed by atoms with van der Waals surface area (Å²) in [6.07, 6.45) is 12.6. The monoisotopic (exact) mass is 368 g/mol. The van der Waals surface area contributed by atoms with Crippen molar-refractivity contribution in [2.75, 3.05) is 0 Å². The molecule has 0 aromatic carbocycles. The van der Waals surface area contributed by atoms with Gasteiger partial charge >= 0.3 is 0 Å². The molecule has 0 saturated heterocycles. The van der Waals surface area contributed by atoms with E-state index in [0.717, 1.165) is 34.2 Å². The highest BCUT2D eigenvalue weighted by molar-refractivity contribution is 6.21. The van der Waals surface area contributed by atoms with Crippen LogP contribution in [0.2, 0.25) is 0 Å². The van der Waals surface area contributed by atoms with Crippen molar-refractivity contribution in [2.45, 2.75) is 33.1 Å². The third-order valence-electron chi connectivity index (χ3n) is 5.97. The Labute approximate surface area is 165 Å². The number of hydrogen-bond acceptors (Lipinski definition) is 2. The van der Waals surface area contributed by atoms with E-state index in [1.54, 1.807) is 0 Å². The van der Waals surface area contributed by atoms with E-state index in [0.29, 0.717) is 0 Å². The molecule has 28 heavy (non-hydrogen) atoms. The van der Waals surface area contributed by atoms with E-state index < -0.39 is 0 Å². The molecule has 3 aliphatic heterocycles. The van der Waals surface area contributed by atoms with Crippen molar-refractivity contribution in [3.05, 3.63) is 82.7 Å². The van der Waals surface area contributed by atoms with Crippen LogP contribution in [0.25, 0.3) is 12.2 Å². The van der Waals surface area contributed by atoms with Gasteiger partial charge < -0.3 is 9.97 Å². The lowest BCUT2D eigenvalue weighted by atomic mass is 9.82. The number of H-pyrrole nitrogens is 2. The molecule has 140 valence electrons. The molecule has 2 aromatic heterocycles. The molecular formula is C24H24N4. The second-order valence-electron chi connectivity index (χ2n) is 8.70. The zero-order chi connectivity index (χ0) is 19.5. The van der Waals surface area contributed by atoms with Crippen LogP contribution in [0, 0.1) is 5.41 Å². The zero-order valence-electron chi connectivity index (χ0n) is 16.7. The smallest absolute Gasteiger partial charge is 0.0654 e. The Kier molecular flexibility index (Phi) is 3.45. The van der Waals surface area contributed by atoms with Gasteiger partial charge in [-0.1, -0.05) is 0 Å². The standard InChI is InChI=1S/C24H24N4/c1-23(2)19-9-5-15(25-19)13-17-7-11-21(27-17)24(3,4)22-12-8-18(28-22)14-16-6-10-20(23)26-16/h5-14,25-26H,1-4H3/b17-13-,18-14?. The Hall–Kier alpha value is -3.14. The van der Waals surface area contributed by atoms with Gasteiger partial charge in [-0.25, -0.2) is 0 Å². The normalized spacial score (nSPS) is 23.1. The van der Waals surface area contributed by atoms with Gasteiger partial charge in [-0.2, -0.15) is 0 Å². The lowest BCUT2D eigenvalue weighted by Crippen LogP contribution is -2.30. The highest BCUT2D eigenvalue weighted by Crippen LogP contribution is 2.34. The van der Waals surface area contributed by atoms with Crippen LogP contribution >= 0.6 is 0 Å². The van der Waals surface area contributed by atoms with Crippen LogP contribution in [0.1, 0.15) is 50.5 Å². The molecule has 0 spiro atoms. The second-order valence-corrected chi connectivity index (χ2v) is 8.70. The minimum atomic E-state index is -0.251. The SMILES string of the molecule is CC1(C)C2=NC(=Cc3ccc([nH]3)C(C)(C)c3ccc([nH]3)/C=C3/C=CC1=N3)C=C2. The maximum Gasteiger partial charge on any atom is 0.0654 e. The van der Waals surface area contributed by atoms with Crippen molar-refractivity contribution in [2.24, 2.45) is 15.4 Å². The third-order valence-corrected chi connectivity index (χ3v) is 5.97. The summed E-state index contributed by atoms with van der Waals surface area (Å²) in [7, 11) is 0. The summed E-state index contributed by atoms with van der Waals surface area (Å²) in [4.78, 5) is 16.9. The van der Waals surface area contributed by atoms with E-state index >= 15 is 0 Å². The number of rotatable bonds is 0. The molecule has 0 atom stereocenters. The van der Waals surface area contributed by atoms with Gasteiger partial charge in [0.15, 0.2) is 0 Å². The number of aliphatic imine (C=N–C) groups is 2. The van der Waals surface area contributed by atoms with Crippen LogP contribution in [-0.4, -0.2) is 21.4 Å². The Morgan fingerprint density at radius 3 is 1.54 bits per heavy atom. The van der Waals surface area contributed by atoms with Crippen LogP contribution in [0.5, 0.6) is 0 Å². The summed E-state index contributed by atoms with van der Waals surface area (Å²) in [6.45, 7) is 8.80. The summed E-state index contributed by atoms with van der Waals surface area (Å²) in [5, 5.41) is 0. The number of nitrogens with zero attached hydrogens (tertiary/aromatic N) is 2. The first-order valence-corrected chi connectivity index (χ1v) is 9.69. The Morgan fingerprint density at radius 1 is 0.607 bits per heavy atom. The van der Waals surface area contributed by atoms with Crippen molar-refractivity contribution in [3.63, 3.8) is 0 Å². The number of hydrogen-bond donors (Lipinski definition) is 2. The van der Waals surface area contributed by atoms with Gasteiger partial charge in [0.25, 0.3) is 0 Å². The minimum absolute atomic E-state index is 0.160. The van der Waals surface area contributed by atoms with Crippen LogP contribution in [-0.2, 0) is 5.41 Å². The summed E-state index contributed by atoms with van der Waals surface area (Å²) < 4.78 is 0. The largest absolute Gasteiger partial charge is 0.358 e. The fraction of sp³-hybridized carbons (Fsp3) is 0.250. The van der Waals surface area contributed by atoms with E-state index in [2.05, 4.69) is 98.4 Å². The molecule has 4 nitrogen and oxygen atoms in total. The van der Waals surface area contributed by atoms with Gasteiger partial charge in [0, 0.05) is 33.6 Å². The summed E-state index contributed by atoms with van der Waals surface area (Å²) >= 11 is 0. The quantitative estimate of drug-likeness (QED) is 0.624. The Bertz CT molecular complexity index is 1060. The first kappa shape index (κ1) is 17.0. The molecule has 3 aliphatic rings. The number of aromatic nitrogens is 2. The van der Waals surface area contributed by atoms with Gasteiger partial charge in [-0.15, -0.1) is 0 Å². The fourth-order valence-corrected chi connectivity index (χ4v) is 3.93. The van der Waals surface area contributed by atoms with Gasteiger partial charge in [0.2, 0.25) is 0 Å². The third kappa shape index (κ3) is 2.60. The van der Waals surface area contributed by atoms with E-state index in [-0.39, 0.29) is 10.8 Å². The van der Waals surface area contributed by atoms with Crippen molar-refractivity contribution >= 4 is 23.6 Å². The average Bonchev–Trinajstić information content (AvgIpc) is 3.42. The summed E-state index contributed by atoms with van der Waals surface area (Å²) in [5.41, 5.74) is 8.03. The van der Waals surface area contributed by atoms with Gasteiger partial charge in [-0.05, 0) is 88.4 Å². The van der Waals surface area contributed by atoms with Gasteiger partial charge in [0.1, 0.15) is 0 Å². The molecular weight excluding hydrogens is 344 g/mol. The van der Waals surface area contributed by atoms with Crippen molar-refractivity contribution < 1.29 is 0 Å². The number of aromatic amines is 2. The molecule has 2 N–H and O–H groups in total. The molecule has 5 rings (SSSR count). The number of fused-ring (bicyclic) bond motifs is 6. The molecule has 0 radical (unpaired) electrons. The molecule has 5 heterocycles. The van der Waals surface area contributed by atoms with Gasteiger partial charge in [-0.3, -0.25) is 9.98 Å². The first-order valence-electron chi connectivity index (χ1n) is 9.69. The van der Waals surface area contributed by atoms with Crippen molar-refractivity contribution in [1.82, 2.24) is 9.97 Å². The van der Waals surface area contributed by atoms with E-state index in [1.165, 1.54) is 11.4 Å².